The summed E-state index contributed by atoms with van der Waals surface area (Å²) in [6, 6.07) is 0.0986. The zero-order chi connectivity index (χ0) is 10.1. The van der Waals surface area contributed by atoms with Gasteiger partial charge >= 0.3 is 0 Å². The molecule has 1 saturated heterocycles. The second kappa shape index (κ2) is 3.71. The van der Waals surface area contributed by atoms with Crippen LogP contribution >= 0.6 is 0 Å². The van der Waals surface area contributed by atoms with Crippen LogP contribution in [0.1, 0.15) is 24.0 Å². The number of hydrogen-bond acceptors (Lipinski definition) is 3. The smallest absolute Gasteiger partial charge is 0.105 e. The minimum atomic E-state index is 0.0986. The minimum absolute atomic E-state index is 0.0986. The van der Waals surface area contributed by atoms with Crippen LogP contribution in [0.15, 0.2) is 6.20 Å². The Balaban J connectivity index is 2.02. The summed E-state index contributed by atoms with van der Waals surface area (Å²) in [5, 5.41) is 0. The molecule has 2 rings (SSSR count). The third kappa shape index (κ3) is 1.67. The number of hydrogen-bond donors (Lipinski definition) is 1. The van der Waals surface area contributed by atoms with E-state index in [1.807, 2.05) is 20.2 Å². The topological polar surface area (TPSA) is 47.1 Å². The zero-order valence-corrected chi connectivity index (χ0v) is 8.90. The molecule has 1 aromatic rings. The van der Waals surface area contributed by atoms with Gasteiger partial charge in [-0.15, -0.1) is 0 Å². The molecule has 0 aromatic carbocycles. The van der Waals surface area contributed by atoms with E-state index in [0.29, 0.717) is 0 Å². The maximum absolute atomic E-state index is 6.12. The van der Waals surface area contributed by atoms with E-state index in [-0.39, 0.29) is 6.04 Å². The van der Waals surface area contributed by atoms with Crippen molar-refractivity contribution in [2.75, 3.05) is 19.6 Å². The summed E-state index contributed by atoms with van der Waals surface area (Å²) < 4.78 is 2.07. The lowest BCUT2D eigenvalue weighted by Gasteiger charge is -2.32. The van der Waals surface area contributed by atoms with Gasteiger partial charge in [-0.1, -0.05) is 0 Å². The molecule has 1 unspecified atom stereocenters. The lowest BCUT2D eigenvalue weighted by Crippen LogP contribution is -2.42. The summed E-state index contributed by atoms with van der Waals surface area (Å²) in [5.74, 6) is 1.03. The molecule has 14 heavy (non-hydrogen) atoms. The van der Waals surface area contributed by atoms with Crippen molar-refractivity contribution in [1.29, 1.82) is 0 Å². The third-order valence-corrected chi connectivity index (χ3v) is 3.04. The Labute approximate surface area is 84.7 Å². The maximum atomic E-state index is 6.12. The number of likely N-dealkylation sites (tertiary alicyclic amines) is 1. The zero-order valence-electron chi connectivity index (χ0n) is 8.90. The van der Waals surface area contributed by atoms with Gasteiger partial charge in [-0.3, -0.25) is 0 Å². The lowest BCUT2D eigenvalue weighted by atomic mass is 10.1. The number of nitrogens with two attached hydrogens (primary N) is 1. The summed E-state index contributed by atoms with van der Waals surface area (Å²) in [6.07, 6.45) is 3.21. The highest BCUT2D eigenvalue weighted by atomic mass is 15.2. The van der Waals surface area contributed by atoms with Crippen molar-refractivity contribution in [3.8, 4) is 0 Å². The van der Waals surface area contributed by atoms with Crippen LogP contribution in [0, 0.1) is 6.92 Å². The molecule has 78 valence electrons. The van der Waals surface area contributed by atoms with Gasteiger partial charge in [-0.2, -0.15) is 0 Å². The third-order valence-electron chi connectivity index (χ3n) is 3.04. The summed E-state index contributed by atoms with van der Waals surface area (Å²) in [5.41, 5.74) is 7.25. The fourth-order valence-electron chi connectivity index (χ4n) is 1.80. The van der Waals surface area contributed by atoms with E-state index >= 15 is 0 Å². The van der Waals surface area contributed by atoms with Crippen molar-refractivity contribution < 1.29 is 0 Å². The Morgan fingerprint density at radius 2 is 2.29 bits per heavy atom. The van der Waals surface area contributed by atoms with Crippen LogP contribution in [0.4, 0.5) is 0 Å². The normalized spacial score (nSPS) is 19.4. The molecule has 1 atom stereocenters. The first-order chi connectivity index (χ1) is 6.68. The van der Waals surface area contributed by atoms with Gasteiger partial charge in [0.1, 0.15) is 5.82 Å². The quantitative estimate of drug-likeness (QED) is 0.759. The Kier molecular flexibility index (Phi) is 2.56. The van der Waals surface area contributed by atoms with Gasteiger partial charge < -0.3 is 15.2 Å². The van der Waals surface area contributed by atoms with Gasteiger partial charge in [0, 0.05) is 13.6 Å². The Morgan fingerprint density at radius 3 is 2.71 bits per heavy atom. The van der Waals surface area contributed by atoms with Crippen molar-refractivity contribution >= 4 is 0 Å². The van der Waals surface area contributed by atoms with Gasteiger partial charge in [-0.05, 0) is 26.4 Å². The summed E-state index contributed by atoms with van der Waals surface area (Å²) in [4.78, 5) is 6.63. The molecule has 4 nitrogen and oxygen atoms in total. The molecule has 0 aliphatic carbocycles. The minimum Gasteiger partial charge on any atom is -0.334 e. The van der Waals surface area contributed by atoms with Crippen LogP contribution in [0.2, 0.25) is 0 Å². The van der Waals surface area contributed by atoms with Gasteiger partial charge in [0.05, 0.1) is 17.9 Å². The molecule has 4 heteroatoms. The van der Waals surface area contributed by atoms with Crippen molar-refractivity contribution in [2.24, 2.45) is 12.8 Å². The van der Waals surface area contributed by atoms with Crippen LogP contribution in [-0.2, 0) is 7.05 Å². The summed E-state index contributed by atoms with van der Waals surface area (Å²) in [6.45, 7) is 5.36. The molecule has 2 heterocycles. The first kappa shape index (κ1) is 9.68. The van der Waals surface area contributed by atoms with Gasteiger partial charge in [0.15, 0.2) is 0 Å². The fourth-order valence-corrected chi connectivity index (χ4v) is 1.80. The number of aryl methyl sites for hydroxylation is 1. The Morgan fingerprint density at radius 1 is 1.57 bits per heavy atom. The van der Waals surface area contributed by atoms with Crippen LogP contribution in [-0.4, -0.2) is 34.1 Å². The van der Waals surface area contributed by atoms with Gasteiger partial charge in [0.2, 0.25) is 0 Å². The average Bonchev–Trinajstić information content (AvgIpc) is 2.41. The monoisotopic (exact) mass is 194 g/mol. The molecule has 0 saturated carbocycles. The molecular formula is C10H18N4. The highest BCUT2D eigenvalue weighted by Crippen LogP contribution is 2.15. The highest BCUT2D eigenvalue weighted by molar-refractivity contribution is 5.09. The molecular weight excluding hydrogens is 176 g/mol. The molecule has 0 spiro atoms. The predicted molar refractivity (Wildman–Crippen MR) is 55.9 cm³/mol. The molecule has 1 aliphatic rings. The van der Waals surface area contributed by atoms with E-state index in [9.17, 15) is 0 Å². The van der Waals surface area contributed by atoms with Crippen molar-refractivity contribution in [1.82, 2.24) is 14.5 Å². The van der Waals surface area contributed by atoms with Crippen LogP contribution in [0.3, 0.4) is 0 Å². The largest absolute Gasteiger partial charge is 0.334 e. The van der Waals surface area contributed by atoms with E-state index in [2.05, 4.69) is 14.5 Å². The lowest BCUT2D eigenvalue weighted by molar-refractivity contribution is 0.169. The Hall–Kier alpha value is -0.870. The molecule has 2 N–H and O–H groups in total. The number of imidazole rings is 1. The molecule has 1 aromatic heterocycles. The van der Waals surface area contributed by atoms with E-state index in [1.54, 1.807) is 0 Å². The van der Waals surface area contributed by atoms with Crippen LogP contribution < -0.4 is 5.73 Å². The predicted octanol–water partition coefficient (Wildman–Crippen LogP) is 0.434. The van der Waals surface area contributed by atoms with E-state index < -0.39 is 0 Å². The van der Waals surface area contributed by atoms with E-state index in [1.165, 1.54) is 19.5 Å². The number of aromatic nitrogens is 2. The standard InChI is InChI=1S/C10H18N4/c1-8-12-6-10(13(8)2)9(11)7-14-4-3-5-14/h6,9H,3-5,7,11H2,1-2H3. The molecule has 0 bridgehead atoms. The van der Waals surface area contributed by atoms with E-state index in [4.69, 9.17) is 5.73 Å². The fraction of sp³-hybridized carbons (Fsp3) is 0.700. The molecule has 0 radical (unpaired) electrons. The van der Waals surface area contributed by atoms with Crippen molar-refractivity contribution in [3.63, 3.8) is 0 Å². The SMILES string of the molecule is Cc1ncc(C(N)CN2CCC2)n1C. The maximum Gasteiger partial charge on any atom is 0.105 e. The number of nitrogens with zero attached hydrogens (tertiary/aromatic N) is 3. The molecule has 0 amide bonds. The van der Waals surface area contributed by atoms with Crippen molar-refractivity contribution in [3.05, 3.63) is 17.7 Å². The highest BCUT2D eigenvalue weighted by Gasteiger charge is 2.19. The van der Waals surface area contributed by atoms with Gasteiger partial charge in [0.25, 0.3) is 0 Å². The average molecular weight is 194 g/mol. The molecule has 1 fully saturated rings. The van der Waals surface area contributed by atoms with Crippen molar-refractivity contribution in [2.45, 2.75) is 19.4 Å². The molecule has 1 aliphatic heterocycles. The van der Waals surface area contributed by atoms with Gasteiger partial charge in [-0.25, -0.2) is 4.98 Å². The van der Waals surface area contributed by atoms with E-state index in [0.717, 1.165) is 18.1 Å². The first-order valence-corrected chi connectivity index (χ1v) is 5.14. The number of rotatable bonds is 3. The second-order valence-electron chi connectivity index (χ2n) is 4.05. The summed E-state index contributed by atoms with van der Waals surface area (Å²) >= 11 is 0. The van der Waals surface area contributed by atoms with Crippen LogP contribution in [0.25, 0.3) is 0 Å². The second-order valence-corrected chi connectivity index (χ2v) is 4.05. The van der Waals surface area contributed by atoms with Crippen LogP contribution in [0.5, 0.6) is 0 Å². The Bertz CT molecular complexity index is 314. The first-order valence-electron chi connectivity index (χ1n) is 5.14. The summed E-state index contributed by atoms with van der Waals surface area (Å²) in [7, 11) is 2.02.